The van der Waals surface area contributed by atoms with E-state index in [0.717, 1.165) is 0 Å². The molecule has 0 aliphatic carbocycles. The number of carbonyl (C=O) groups is 2. The van der Waals surface area contributed by atoms with Crippen molar-refractivity contribution in [1.29, 1.82) is 0 Å². The van der Waals surface area contributed by atoms with Crippen molar-refractivity contribution >= 4 is 11.9 Å². The molecule has 2 N–H and O–H groups in total. The van der Waals surface area contributed by atoms with Gasteiger partial charge in [0.1, 0.15) is 11.4 Å². The monoisotopic (exact) mass is 291 g/mol. The lowest BCUT2D eigenvalue weighted by Gasteiger charge is -2.31. The van der Waals surface area contributed by atoms with Crippen molar-refractivity contribution in [1.82, 2.24) is 15.5 Å². The first-order chi connectivity index (χ1) is 10.1. The lowest BCUT2D eigenvalue weighted by molar-refractivity contribution is -0.132. The number of benzene rings is 1. The Bertz CT molecular complexity index is 570. The Labute approximate surface area is 122 Å². The summed E-state index contributed by atoms with van der Waals surface area (Å²) in [6.07, 6.45) is 1.54. The molecule has 0 saturated carbocycles. The van der Waals surface area contributed by atoms with Crippen molar-refractivity contribution in [3.8, 4) is 0 Å². The standard InChI is InChI=1S/C15H18FN3O2/c16-12-4-2-1-3-11(12)5-10-19-13(20)15(18-14(19)21)6-8-17-9-7-15/h1-4,17H,5-10H2,(H,18,21). The van der Waals surface area contributed by atoms with E-state index in [1.165, 1.54) is 11.0 Å². The van der Waals surface area contributed by atoms with Gasteiger partial charge in [-0.25, -0.2) is 9.18 Å². The van der Waals surface area contributed by atoms with E-state index in [-0.39, 0.29) is 24.3 Å². The molecule has 0 bridgehead atoms. The third kappa shape index (κ3) is 2.51. The Morgan fingerprint density at radius 2 is 1.90 bits per heavy atom. The Hall–Kier alpha value is -1.95. The minimum atomic E-state index is -0.752. The highest BCUT2D eigenvalue weighted by Gasteiger charge is 2.51. The van der Waals surface area contributed by atoms with Crippen LogP contribution in [0.1, 0.15) is 18.4 Å². The van der Waals surface area contributed by atoms with Gasteiger partial charge in [0.25, 0.3) is 5.91 Å². The number of carbonyl (C=O) groups excluding carboxylic acids is 2. The van der Waals surface area contributed by atoms with Crippen LogP contribution in [0.4, 0.5) is 9.18 Å². The van der Waals surface area contributed by atoms with E-state index in [1.807, 2.05) is 0 Å². The van der Waals surface area contributed by atoms with E-state index in [9.17, 15) is 14.0 Å². The van der Waals surface area contributed by atoms with Gasteiger partial charge in [-0.15, -0.1) is 0 Å². The van der Waals surface area contributed by atoms with E-state index in [4.69, 9.17) is 0 Å². The highest BCUT2D eigenvalue weighted by molar-refractivity contribution is 6.07. The Kier molecular flexibility index (Phi) is 3.63. The molecule has 0 unspecified atom stereocenters. The average Bonchev–Trinajstić information content (AvgIpc) is 2.70. The molecule has 21 heavy (non-hydrogen) atoms. The fourth-order valence-corrected chi connectivity index (χ4v) is 3.01. The molecule has 1 spiro atoms. The molecule has 0 aromatic heterocycles. The van der Waals surface area contributed by atoms with Gasteiger partial charge in [0, 0.05) is 6.54 Å². The molecule has 3 rings (SSSR count). The number of nitrogens with zero attached hydrogens (tertiary/aromatic N) is 1. The van der Waals surface area contributed by atoms with Gasteiger partial charge >= 0.3 is 6.03 Å². The molecule has 2 fully saturated rings. The largest absolute Gasteiger partial charge is 0.325 e. The van der Waals surface area contributed by atoms with Crippen molar-refractivity contribution in [3.05, 3.63) is 35.6 Å². The van der Waals surface area contributed by atoms with Gasteiger partial charge in [-0.1, -0.05) is 18.2 Å². The molecular weight excluding hydrogens is 273 g/mol. The van der Waals surface area contributed by atoms with Crippen LogP contribution >= 0.6 is 0 Å². The van der Waals surface area contributed by atoms with Gasteiger partial charge in [0.05, 0.1) is 0 Å². The second-order valence-electron chi connectivity index (χ2n) is 5.56. The van der Waals surface area contributed by atoms with Crippen LogP contribution < -0.4 is 10.6 Å². The molecule has 3 amide bonds. The van der Waals surface area contributed by atoms with Gasteiger partial charge in [0.15, 0.2) is 0 Å². The third-order valence-corrected chi connectivity index (χ3v) is 4.27. The second-order valence-corrected chi connectivity index (χ2v) is 5.56. The second kappa shape index (κ2) is 5.44. The SMILES string of the molecule is O=C1NC2(CCNCC2)C(=O)N1CCc1ccccc1F. The van der Waals surface area contributed by atoms with Gasteiger partial charge in [-0.3, -0.25) is 9.69 Å². The summed E-state index contributed by atoms with van der Waals surface area (Å²) in [4.78, 5) is 25.8. The lowest BCUT2D eigenvalue weighted by atomic mass is 9.88. The maximum Gasteiger partial charge on any atom is 0.325 e. The zero-order valence-corrected chi connectivity index (χ0v) is 11.7. The fraction of sp³-hybridized carbons (Fsp3) is 0.467. The van der Waals surface area contributed by atoms with Crippen molar-refractivity contribution in [2.45, 2.75) is 24.8 Å². The van der Waals surface area contributed by atoms with E-state index in [1.54, 1.807) is 18.2 Å². The van der Waals surface area contributed by atoms with Crippen LogP contribution in [0.2, 0.25) is 0 Å². The predicted octanol–water partition coefficient (Wildman–Crippen LogP) is 1.04. The molecule has 2 saturated heterocycles. The molecular formula is C15H18FN3O2. The first kappa shape index (κ1) is 14.0. The van der Waals surface area contributed by atoms with E-state index >= 15 is 0 Å². The summed E-state index contributed by atoms with van der Waals surface area (Å²) in [7, 11) is 0. The normalized spacial score (nSPS) is 20.9. The Morgan fingerprint density at radius 1 is 1.19 bits per heavy atom. The summed E-state index contributed by atoms with van der Waals surface area (Å²) < 4.78 is 13.6. The van der Waals surface area contributed by atoms with Crippen molar-refractivity contribution in [3.63, 3.8) is 0 Å². The van der Waals surface area contributed by atoms with Crippen LogP contribution in [-0.2, 0) is 11.2 Å². The molecule has 6 heteroatoms. The van der Waals surface area contributed by atoms with E-state index < -0.39 is 5.54 Å². The average molecular weight is 291 g/mol. The summed E-state index contributed by atoms with van der Waals surface area (Å²) in [5, 5.41) is 6.00. The van der Waals surface area contributed by atoms with E-state index in [0.29, 0.717) is 37.9 Å². The van der Waals surface area contributed by atoms with Gasteiger partial charge in [-0.05, 0) is 44.0 Å². The van der Waals surface area contributed by atoms with Crippen LogP contribution in [-0.4, -0.2) is 42.0 Å². The summed E-state index contributed by atoms with van der Waals surface area (Å²) in [5.74, 6) is -0.480. The minimum absolute atomic E-state index is 0.176. The molecule has 2 aliphatic heterocycles. The smallest absolute Gasteiger partial charge is 0.323 e. The van der Waals surface area contributed by atoms with Crippen LogP contribution in [0.25, 0.3) is 0 Å². The van der Waals surface area contributed by atoms with Crippen LogP contribution in [0.15, 0.2) is 24.3 Å². The molecule has 1 aromatic carbocycles. The number of imide groups is 1. The molecule has 2 aliphatic rings. The quantitative estimate of drug-likeness (QED) is 0.818. The summed E-state index contributed by atoms with van der Waals surface area (Å²) in [6, 6.07) is 6.07. The maximum atomic E-state index is 13.6. The molecule has 0 atom stereocenters. The lowest BCUT2D eigenvalue weighted by Crippen LogP contribution is -2.53. The third-order valence-electron chi connectivity index (χ3n) is 4.27. The van der Waals surface area contributed by atoms with Crippen molar-refractivity contribution in [2.75, 3.05) is 19.6 Å². The summed E-state index contributed by atoms with van der Waals surface area (Å²) in [6.45, 7) is 1.64. The number of piperidine rings is 1. The molecule has 2 heterocycles. The predicted molar refractivity (Wildman–Crippen MR) is 75.2 cm³/mol. The first-order valence-corrected chi connectivity index (χ1v) is 7.21. The maximum absolute atomic E-state index is 13.6. The topological polar surface area (TPSA) is 61.4 Å². The number of hydrogen-bond donors (Lipinski definition) is 2. The highest BCUT2D eigenvalue weighted by Crippen LogP contribution is 2.27. The number of amides is 3. The fourth-order valence-electron chi connectivity index (χ4n) is 3.01. The van der Waals surface area contributed by atoms with Crippen LogP contribution in [0.3, 0.4) is 0 Å². The molecule has 112 valence electrons. The number of halogens is 1. The van der Waals surface area contributed by atoms with E-state index in [2.05, 4.69) is 10.6 Å². The number of rotatable bonds is 3. The summed E-state index contributed by atoms with van der Waals surface area (Å²) >= 11 is 0. The van der Waals surface area contributed by atoms with Crippen LogP contribution in [0.5, 0.6) is 0 Å². The first-order valence-electron chi connectivity index (χ1n) is 7.21. The van der Waals surface area contributed by atoms with Crippen molar-refractivity contribution in [2.24, 2.45) is 0 Å². The number of hydrogen-bond acceptors (Lipinski definition) is 3. The molecule has 5 nitrogen and oxygen atoms in total. The Morgan fingerprint density at radius 3 is 2.62 bits per heavy atom. The zero-order chi connectivity index (χ0) is 14.9. The highest BCUT2D eigenvalue weighted by atomic mass is 19.1. The summed E-state index contributed by atoms with van der Waals surface area (Å²) in [5.41, 5.74) is -0.234. The number of urea groups is 1. The van der Waals surface area contributed by atoms with Crippen molar-refractivity contribution < 1.29 is 14.0 Å². The van der Waals surface area contributed by atoms with Gasteiger partial charge < -0.3 is 10.6 Å². The number of nitrogens with one attached hydrogen (secondary N) is 2. The Balaban J connectivity index is 1.70. The minimum Gasteiger partial charge on any atom is -0.323 e. The molecule has 1 aromatic rings. The zero-order valence-electron chi connectivity index (χ0n) is 11.7. The van der Waals surface area contributed by atoms with Gasteiger partial charge in [0.2, 0.25) is 0 Å². The molecule has 0 radical (unpaired) electrons. The van der Waals surface area contributed by atoms with Gasteiger partial charge in [-0.2, -0.15) is 0 Å². The van der Waals surface area contributed by atoms with Crippen LogP contribution in [0, 0.1) is 5.82 Å².